The second kappa shape index (κ2) is 13.7. The van der Waals surface area contributed by atoms with E-state index in [0.29, 0.717) is 23.7 Å². The SMILES string of the molecule is CCCCCCO[PH](=O)O.Nc1cccc(N)c1N.[NaH]. The molecule has 0 aliphatic carbocycles. The summed E-state index contributed by atoms with van der Waals surface area (Å²) in [5, 5.41) is 0. The van der Waals surface area contributed by atoms with Crippen molar-refractivity contribution in [1.29, 1.82) is 0 Å². The molecule has 0 fully saturated rings. The zero-order valence-electron chi connectivity index (χ0n) is 11.3. The molecule has 0 heterocycles. The monoisotopic (exact) mass is 313 g/mol. The number of rotatable bonds is 6. The minimum absolute atomic E-state index is 0. The Morgan fingerprint density at radius 3 is 2.10 bits per heavy atom. The Balaban J connectivity index is 0. The molecule has 1 aromatic carbocycles. The minimum atomic E-state index is -2.67. The maximum absolute atomic E-state index is 9.99. The molecule has 0 amide bonds. The molecule has 0 radical (unpaired) electrons. The van der Waals surface area contributed by atoms with Crippen LogP contribution in [0, 0.1) is 0 Å². The van der Waals surface area contributed by atoms with Gasteiger partial charge in [0.2, 0.25) is 0 Å². The summed E-state index contributed by atoms with van der Waals surface area (Å²) in [6.07, 6.45) is 4.33. The summed E-state index contributed by atoms with van der Waals surface area (Å²) in [6.45, 7) is 2.55. The van der Waals surface area contributed by atoms with Crippen LogP contribution >= 0.6 is 8.25 Å². The molecular formula is C12H25N3NaO3P. The van der Waals surface area contributed by atoms with E-state index in [2.05, 4.69) is 11.4 Å². The van der Waals surface area contributed by atoms with Gasteiger partial charge < -0.3 is 26.6 Å². The zero-order valence-corrected chi connectivity index (χ0v) is 12.3. The standard InChI is InChI=1S/C6H9N3.C6H15O3P.Na.H/c7-4-2-1-3-5(8)6(4)9;1-2-3-4-5-6-9-10(7)8;;/h1-3H,7-9H2;10H,2-6H2,1H3,(H,7,8);;. The number of hydrogen-bond donors (Lipinski definition) is 4. The molecule has 1 unspecified atom stereocenters. The first kappa shape index (κ1) is 22.1. The van der Waals surface area contributed by atoms with Crippen molar-refractivity contribution in [1.82, 2.24) is 0 Å². The van der Waals surface area contributed by atoms with E-state index in [0.717, 1.165) is 12.8 Å². The van der Waals surface area contributed by atoms with Crippen LogP contribution in [0.4, 0.5) is 17.1 Å². The van der Waals surface area contributed by atoms with E-state index in [1.807, 2.05) is 0 Å². The first-order valence-electron chi connectivity index (χ1n) is 6.24. The van der Waals surface area contributed by atoms with E-state index in [9.17, 15) is 4.57 Å². The molecule has 112 valence electrons. The summed E-state index contributed by atoms with van der Waals surface area (Å²) in [5.41, 5.74) is 17.8. The van der Waals surface area contributed by atoms with Crippen LogP contribution in [-0.2, 0) is 9.09 Å². The van der Waals surface area contributed by atoms with Gasteiger partial charge in [0.1, 0.15) is 0 Å². The van der Waals surface area contributed by atoms with Gasteiger partial charge >= 0.3 is 37.8 Å². The van der Waals surface area contributed by atoms with Crippen LogP contribution in [0.2, 0.25) is 0 Å². The number of nitrogen functional groups attached to an aromatic ring is 3. The summed E-state index contributed by atoms with van der Waals surface area (Å²) in [6, 6.07) is 5.19. The topological polar surface area (TPSA) is 125 Å². The van der Waals surface area contributed by atoms with Crippen LogP contribution in [-0.4, -0.2) is 41.1 Å². The molecule has 0 saturated carbocycles. The third kappa shape index (κ3) is 11.6. The molecule has 1 rings (SSSR count). The van der Waals surface area contributed by atoms with Crippen LogP contribution in [0.5, 0.6) is 0 Å². The molecule has 0 spiro atoms. The number of nitrogens with two attached hydrogens (primary N) is 3. The van der Waals surface area contributed by atoms with Crippen molar-refractivity contribution in [3.8, 4) is 0 Å². The average molecular weight is 313 g/mol. The van der Waals surface area contributed by atoms with Gasteiger partial charge in [-0.1, -0.05) is 32.3 Å². The van der Waals surface area contributed by atoms with Gasteiger partial charge in [0.25, 0.3) is 0 Å². The Labute approximate surface area is 143 Å². The predicted octanol–water partition coefficient (Wildman–Crippen LogP) is 1.75. The number of hydrogen-bond acceptors (Lipinski definition) is 5. The van der Waals surface area contributed by atoms with Crippen molar-refractivity contribution in [2.45, 2.75) is 32.6 Å². The second-order valence-electron chi connectivity index (χ2n) is 4.03. The first-order chi connectivity index (χ1) is 8.99. The van der Waals surface area contributed by atoms with Crippen molar-refractivity contribution >= 4 is 54.9 Å². The van der Waals surface area contributed by atoms with Gasteiger partial charge in [-0.3, -0.25) is 4.57 Å². The van der Waals surface area contributed by atoms with Crippen LogP contribution in [0.1, 0.15) is 32.6 Å². The molecule has 7 N–H and O–H groups in total. The summed E-state index contributed by atoms with van der Waals surface area (Å²) in [4.78, 5) is 8.23. The molecule has 0 bridgehead atoms. The van der Waals surface area contributed by atoms with Gasteiger partial charge in [-0.25, -0.2) is 0 Å². The second-order valence-corrected chi connectivity index (χ2v) is 4.85. The van der Waals surface area contributed by atoms with Gasteiger partial charge in [-0.05, 0) is 18.6 Å². The fourth-order valence-corrected chi connectivity index (χ4v) is 1.61. The average Bonchev–Trinajstić information content (AvgIpc) is 2.36. The van der Waals surface area contributed by atoms with Gasteiger partial charge in [0, 0.05) is 0 Å². The summed E-state index contributed by atoms with van der Waals surface area (Å²) in [7, 11) is -2.67. The number of para-hydroxylation sites is 1. The predicted molar refractivity (Wildman–Crippen MR) is 88.1 cm³/mol. The third-order valence-electron chi connectivity index (χ3n) is 2.40. The molecular weight excluding hydrogens is 288 g/mol. The quantitative estimate of drug-likeness (QED) is 0.274. The fraction of sp³-hybridized carbons (Fsp3) is 0.500. The molecule has 0 aliphatic heterocycles. The zero-order chi connectivity index (χ0) is 14.7. The number of unbranched alkanes of at least 4 members (excludes halogenated alkanes) is 3. The molecule has 8 heteroatoms. The summed E-state index contributed by atoms with van der Waals surface area (Å²) < 4.78 is 14.5. The maximum atomic E-state index is 9.99. The Bertz CT molecular complexity index is 374. The van der Waals surface area contributed by atoms with Crippen molar-refractivity contribution < 1.29 is 14.0 Å². The van der Waals surface area contributed by atoms with Gasteiger partial charge in [0.05, 0.1) is 23.7 Å². The van der Waals surface area contributed by atoms with Crippen molar-refractivity contribution in [2.24, 2.45) is 0 Å². The Morgan fingerprint density at radius 2 is 1.70 bits per heavy atom. The number of anilines is 3. The van der Waals surface area contributed by atoms with E-state index in [1.54, 1.807) is 18.2 Å². The molecule has 0 aromatic heterocycles. The molecule has 1 atom stereocenters. The van der Waals surface area contributed by atoms with E-state index in [4.69, 9.17) is 22.1 Å². The van der Waals surface area contributed by atoms with Crippen LogP contribution in [0.25, 0.3) is 0 Å². The van der Waals surface area contributed by atoms with Gasteiger partial charge in [-0.15, -0.1) is 0 Å². The normalized spacial score (nSPS) is 10.9. The van der Waals surface area contributed by atoms with Gasteiger partial charge in [-0.2, -0.15) is 0 Å². The Morgan fingerprint density at radius 1 is 1.15 bits per heavy atom. The Hall–Kier alpha value is -0.230. The van der Waals surface area contributed by atoms with Crippen LogP contribution in [0.3, 0.4) is 0 Å². The molecule has 1 aromatic rings. The van der Waals surface area contributed by atoms with E-state index < -0.39 is 8.25 Å². The van der Waals surface area contributed by atoms with Crippen molar-refractivity contribution in [3.63, 3.8) is 0 Å². The van der Waals surface area contributed by atoms with Crippen molar-refractivity contribution in [2.75, 3.05) is 23.8 Å². The molecule has 20 heavy (non-hydrogen) atoms. The molecule has 0 aliphatic rings. The van der Waals surface area contributed by atoms with E-state index in [1.165, 1.54) is 12.8 Å². The third-order valence-corrected chi connectivity index (χ3v) is 2.85. The van der Waals surface area contributed by atoms with Crippen LogP contribution in [0.15, 0.2) is 18.2 Å². The fourth-order valence-electron chi connectivity index (χ4n) is 1.29. The number of benzene rings is 1. The van der Waals surface area contributed by atoms with Crippen LogP contribution < -0.4 is 17.2 Å². The van der Waals surface area contributed by atoms with E-state index >= 15 is 0 Å². The van der Waals surface area contributed by atoms with Crippen molar-refractivity contribution in [3.05, 3.63) is 18.2 Å². The molecule has 6 nitrogen and oxygen atoms in total. The van der Waals surface area contributed by atoms with E-state index in [-0.39, 0.29) is 29.6 Å². The Kier molecular flexibility index (Phi) is 15.2. The van der Waals surface area contributed by atoms with Gasteiger partial charge in [0.15, 0.2) is 0 Å². The first-order valence-corrected chi connectivity index (χ1v) is 7.50. The summed E-state index contributed by atoms with van der Waals surface area (Å²) in [5.74, 6) is 0. The summed E-state index contributed by atoms with van der Waals surface area (Å²) >= 11 is 0. The molecule has 0 saturated heterocycles.